The zero-order valence-electron chi connectivity index (χ0n) is 11.8. The van der Waals surface area contributed by atoms with Gasteiger partial charge in [0.1, 0.15) is 5.82 Å². The second-order valence-corrected chi connectivity index (χ2v) is 5.39. The molecule has 0 unspecified atom stereocenters. The van der Waals surface area contributed by atoms with Crippen LogP contribution in [0, 0.1) is 5.82 Å². The molecule has 0 aromatic heterocycles. The third kappa shape index (κ3) is 3.93. The van der Waals surface area contributed by atoms with Crippen molar-refractivity contribution in [3.8, 4) is 0 Å². The van der Waals surface area contributed by atoms with Crippen molar-refractivity contribution >= 4 is 5.84 Å². The molecule has 1 saturated carbocycles. The van der Waals surface area contributed by atoms with Crippen LogP contribution in [0.2, 0.25) is 0 Å². The monoisotopic (exact) mass is 279 g/mol. The number of hydrogen-bond acceptors (Lipinski definition) is 3. The number of unbranched alkanes of at least 4 members (excludes halogenated alkanes) is 1. The third-order valence-corrected chi connectivity index (χ3v) is 3.61. The molecule has 5 heteroatoms. The van der Waals surface area contributed by atoms with Crippen LogP contribution in [-0.2, 0) is 6.54 Å². The predicted molar refractivity (Wildman–Crippen MR) is 77.3 cm³/mol. The molecular formula is C15H22FN3O. The van der Waals surface area contributed by atoms with Gasteiger partial charge in [-0.3, -0.25) is 4.90 Å². The highest BCUT2D eigenvalue weighted by molar-refractivity contribution is 5.97. The van der Waals surface area contributed by atoms with Gasteiger partial charge >= 0.3 is 0 Å². The summed E-state index contributed by atoms with van der Waals surface area (Å²) in [6.45, 7) is 3.93. The van der Waals surface area contributed by atoms with Crippen molar-refractivity contribution in [1.29, 1.82) is 0 Å². The molecule has 0 heterocycles. The molecule has 1 aromatic rings. The fraction of sp³-hybridized carbons (Fsp3) is 0.533. The molecule has 1 aromatic carbocycles. The van der Waals surface area contributed by atoms with Gasteiger partial charge < -0.3 is 10.9 Å². The van der Waals surface area contributed by atoms with E-state index in [4.69, 9.17) is 10.9 Å². The lowest BCUT2D eigenvalue weighted by Gasteiger charge is -2.22. The summed E-state index contributed by atoms with van der Waals surface area (Å²) in [6, 6.07) is 5.23. The lowest BCUT2D eigenvalue weighted by Crippen LogP contribution is -2.27. The first-order valence-corrected chi connectivity index (χ1v) is 7.15. The lowest BCUT2D eigenvalue weighted by molar-refractivity contribution is 0.250. The van der Waals surface area contributed by atoms with Crippen molar-refractivity contribution in [1.82, 2.24) is 4.90 Å². The van der Waals surface area contributed by atoms with Crippen LogP contribution in [0.5, 0.6) is 0 Å². The minimum Gasteiger partial charge on any atom is -0.409 e. The minimum atomic E-state index is -0.352. The molecule has 0 aliphatic heterocycles. The van der Waals surface area contributed by atoms with E-state index < -0.39 is 0 Å². The first-order valence-electron chi connectivity index (χ1n) is 7.15. The Bertz CT molecular complexity index is 486. The summed E-state index contributed by atoms with van der Waals surface area (Å²) in [6.07, 6.45) is 4.76. The van der Waals surface area contributed by atoms with E-state index in [0.29, 0.717) is 18.2 Å². The Morgan fingerprint density at radius 3 is 2.80 bits per heavy atom. The SMILES string of the molecule is CCCCN(Cc1cc(F)cc(/C(N)=N/O)c1)C1CC1. The number of nitrogens with two attached hydrogens (primary N) is 1. The van der Waals surface area contributed by atoms with Crippen molar-refractivity contribution in [2.45, 2.75) is 45.2 Å². The standard InChI is InChI=1S/C15H22FN3O/c1-2-3-6-19(14-4-5-14)10-11-7-12(15(17)18-20)9-13(16)8-11/h7-9,14,20H,2-6,10H2,1H3,(H2,17,18). The largest absolute Gasteiger partial charge is 0.409 e. The average Bonchev–Trinajstić information content (AvgIpc) is 3.26. The lowest BCUT2D eigenvalue weighted by atomic mass is 10.1. The maximum Gasteiger partial charge on any atom is 0.170 e. The second-order valence-electron chi connectivity index (χ2n) is 5.39. The molecule has 0 spiro atoms. The Hall–Kier alpha value is -1.62. The Kier molecular flexibility index (Phi) is 4.95. The first-order chi connectivity index (χ1) is 9.63. The maximum absolute atomic E-state index is 13.6. The fourth-order valence-corrected chi connectivity index (χ4v) is 2.37. The second kappa shape index (κ2) is 6.70. The predicted octanol–water partition coefficient (Wildman–Crippen LogP) is 2.68. The molecule has 0 saturated heterocycles. The van der Waals surface area contributed by atoms with Gasteiger partial charge in [0, 0.05) is 18.2 Å². The summed E-state index contributed by atoms with van der Waals surface area (Å²) < 4.78 is 13.6. The van der Waals surface area contributed by atoms with E-state index in [9.17, 15) is 4.39 Å². The molecule has 0 amide bonds. The summed E-state index contributed by atoms with van der Waals surface area (Å²) >= 11 is 0. The zero-order valence-corrected chi connectivity index (χ0v) is 11.8. The van der Waals surface area contributed by atoms with Crippen LogP contribution in [0.1, 0.15) is 43.7 Å². The van der Waals surface area contributed by atoms with Gasteiger partial charge in [0.25, 0.3) is 0 Å². The summed E-state index contributed by atoms with van der Waals surface area (Å²) in [5.74, 6) is -0.410. The van der Waals surface area contributed by atoms with Crippen molar-refractivity contribution in [2.75, 3.05) is 6.54 Å². The molecule has 1 aliphatic rings. The number of hydrogen-bond donors (Lipinski definition) is 2. The van der Waals surface area contributed by atoms with E-state index >= 15 is 0 Å². The fourth-order valence-electron chi connectivity index (χ4n) is 2.37. The normalized spacial score (nSPS) is 15.8. The van der Waals surface area contributed by atoms with Gasteiger partial charge in [-0.25, -0.2) is 4.39 Å². The molecular weight excluding hydrogens is 257 g/mol. The van der Waals surface area contributed by atoms with Gasteiger partial charge in [-0.2, -0.15) is 0 Å². The molecule has 3 N–H and O–H groups in total. The first kappa shape index (κ1) is 14.8. The molecule has 2 rings (SSSR count). The van der Waals surface area contributed by atoms with Gasteiger partial charge in [0.2, 0.25) is 0 Å². The molecule has 20 heavy (non-hydrogen) atoms. The highest BCUT2D eigenvalue weighted by atomic mass is 19.1. The summed E-state index contributed by atoms with van der Waals surface area (Å²) in [7, 11) is 0. The highest BCUT2D eigenvalue weighted by Crippen LogP contribution is 2.28. The minimum absolute atomic E-state index is 0.0581. The van der Waals surface area contributed by atoms with Crippen LogP contribution >= 0.6 is 0 Å². The summed E-state index contributed by atoms with van der Waals surface area (Å²) in [4.78, 5) is 2.40. The van der Waals surface area contributed by atoms with E-state index in [-0.39, 0.29) is 11.7 Å². The Labute approximate surface area is 119 Å². The molecule has 0 atom stereocenters. The smallest absolute Gasteiger partial charge is 0.170 e. The molecule has 0 bridgehead atoms. The van der Waals surface area contributed by atoms with E-state index in [2.05, 4.69) is 17.0 Å². The topological polar surface area (TPSA) is 61.8 Å². The number of nitrogens with zero attached hydrogens (tertiary/aromatic N) is 2. The third-order valence-electron chi connectivity index (χ3n) is 3.61. The van der Waals surface area contributed by atoms with Crippen LogP contribution in [0.4, 0.5) is 4.39 Å². The quantitative estimate of drug-likeness (QED) is 0.349. The van der Waals surface area contributed by atoms with E-state index in [0.717, 1.165) is 24.9 Å². The van der Waals surface area contributed by atoms with Crippen molar-refractivity contribution in [2.24, 2.45) is 10.9 Å². The van der Waals surface area contributed by atoms with Crippen LogP contribution < -0.4 is 5.73 Å². The van der Waals surface area contributed by atoms with Crippen molar-refractivity contribution in [3.05, 3.63) is 35.1 Å². The average molecular weight is 279 g/mol. The number of oxime groups is 1. The van der Waals surface area contributed by atoms with Crippen molar-refractivity contribution in [3.63, 3.8) is 0 Å². The van der Waals surface area contributed by atoms with Crippen LogP contribution in [0.3, 0.4) is 0 Å². The Morgan fingerprint density at radius 1 is 1.45 bits per heavy atom. The van der Waals surface area contributed by atoms with E-state index in [1.54, 1.807) is 6.07 Å². The van der Waals surface area contributed by atoms with Gasteiger partial charge in [0.15, 0.2) is 5.84 Å². The van der Waals surface area contributed by atoms with E-state index in [1.165, 1.54) is 25.0 Å². The molecule has 110 valence electrons. The Morgan fingerprint density at radius 2 is 2.20 bits per heavy atom. The van der Waals surface area contributed by atoms with Gasteiger partial charge in [-0.05, 0) is 49.6 Å². The molecule has 4 nitrogen and oxygen atoms in total. The molecule has 0 radical (unpaired) electrons. The number of amidine groups is 1. The van der Waals surface area contributed by atoms with Crippen LogP contribution in [0.15, 0.2) is 23.4 Å². The van der Waals surface area contributed by atoms with Gasteiger partial charge in [-0.1, -0.05) is 18.5 Å². The van der Waals surface area contributed by atoms with Crippen LogP contribution in [-0.4, -0.2) is 28.5 Å². The number of benzene rings is 1. The summed E-state index contributed by atoms with van der Waals surface area (Å²) in [5, 5.41) is 11.6. The Balaban J connectivity index is 2.12. The molecule has 1 aliphatic carbocycles. The maximum atomic E-state index is 13.6. The highest BCUT2D eigenvalue weighted by Gasteiger charge is 2.28. The van der Waals surface area contributed by atoms with Gasteiger partial charge in [0.05, 0.1) is 0 Å². The summed E-state index contributed by atoms with van der Waals surface area (Å²) in [5.41, 5.74) is 6.83. The number of halogens is 1. The molecule has 1 fully saturated rings. The zero-order chi connectivity index (χ0) is 14.5. The van der Waals surface area contributed by atoms with Crippen molar-refractivity contribution < 1.29 is 9.60 Å². The van der Waals surface area contributed by atoms with E-state index in [1.807, 2.05) is 0 Å². The van der Waals surface area contributed by atoms with Gasteiger partial charge in [-0.15, -0.1) is 0 Å². The number of rotatable bonds is 7. The van der Waals surface area contributed by atoms with Crippen LogP contribution in [0.25, 0.3) is 0 Å².